The van der Waals surface area contributed by atoms with Crippen LogP contribution in [0.5, 0.6) is 0 Å². The van der Waals surface area contributed by atoms with Gasteiger partial charge in [0.15, 0.2) is 11.5 Å². The van der Waals surface area contributed by atoms with E-state index in [9.17, 15) is 14.4 Å². The summed E-state index contributed by atoms with van der Waals surface area (Å²) in [6, 6.07) is 0. The van der Waals surface area contributed by atoms with Crippen LogP contribution in [-0.4, -0.2) is 24.1 Å². The zero-order valence-electron chi connectivity index (χ0n) is 9.96. The summed E-state index contributed by atoms with van der Waals surface area (Å²) in [7, 11) is 0. The highest BCUT2D eigenvalue weighted by atomic mass is 16.5. The fourth-order valence-electron chi connectivity index (χ4n) is 2.19. The highest BCUT2D eigenvalue weighted by molar-refractivity contribution is 6.31. The van der Waals surface area contributed by atoms with Gasteiger partial charge in [-0.25, -0.2) is 4.79 Å². The molecule has 5 heteroatoms. The van der Waals surface area contributed by atoms with Gasteiger partial charge in [0.05, 0.1) is 12.2 Å². The summed E-state index contributed by atoms with van der Waals surface area (Å²) in [5.74, 6) is -1.19. The molecule has 0 radical (unpaired) electrons. The van der Waals surface area contributed by atoms with Crippen molar-refractivity contribution < 1.29 is 23.5 Å². The number of fused-ring (bicyclic) bond motifs is 1. The van der Waals surface area contributed by atoms with Crippen LogP contribution in [0.4, 0.5) is 0 Å². The van der Waals surface area contributed by atoms with Crippen molar-refractivity contribution in [1.82, 2.24) is 0 Å². The molecule has 2 aliphatic rings. The number of ketones is 2. The lowest BCUT2D eigenvalue weighted by Crippen LogP contribution is -2.09. The van der Waals surface area contributed by atoms with Crippen molar-refractivity contribution in [2.45, 2.75) is 20.3 Å². The average molecular weight is 246 g/mol. The fraction of sp³-hybridized carbons (Fsp3) is 0.308. The molecule has 0 aliphatic heterocycles. The number of carbonyl (C=O) groups is 3. The van der Waals surface area contributed by atoms with Crippen LogP contribution in [0, 0.1) is 6.92 Å². The first-order valence-electron chi connectivity index (χ1n) is 5.68. The molecule has 0 saturated carbocycles. The molecule has 0 aromatic carbocycles. The fourth-order valence-corrected chi connectivity index (χ4v) is 2.19. The van der Waals surface area contributed by atoms with E-state index in [1.165, 1.54) is 0 Å². The summed E-state index contributed by atoms with van der Waals surface area (Å²) >= 11 is 0. The van der Waals surface area contributed by atoms with Crippen LogP contribution in [0.1, 0.15) is 50.4 Å². The van der Waals surface area contributed by atoms with Crippen LogP contribution in [0.2, 0.25) is 0 Å². The van der Waals surface area contributed by atoms with Crippen molar-refractivity contribution in [2.24, 2.45) is 0 Å². The molecule has 5 nitrogen and oxygen atoms in total. The Bertz CT molecular complexity index is 645. The largest absolute Gasteiger partial charge is 0.460 e. The number of ether oxygens (including phenoxy) is 1. The summed E-state index contributed by atoms with van der Waals surface area (Å²) in [6.45, 7) is 3.47. The van der Waals surface area contributed by atoms with E-state index >= 15 is 0 Å². The highest BCUT2D eigenvalue weighted by Crippen LogP contribution is 2.44. The zero-order valence-corrected chi connectivity index (χ0v) is 9.96. The van der Waals surface area contributed by atoms with E-state index in [0.717, 1.165) is 0 Å². The molecule has 0 fully saturated rings. The maximum absolute atomic E-state index is 12.0. The Morgan fingerprint density at radius 3 is 2.61 bits per heavy atom. The average Bonchev–Trinajstić information content (AvgIpc) is 3.05. The molecule has 92 valence electrons. The second-order valence-corrected chi connectivity index (χ2v) is 4.27. The van der Waals surface area contributed by atoms with Crippen molar-refractivity contribution in [1.29, 1.82) is 0 Å². The molecular formula is C13H10O5. The van der Waals surface area contributed by atoms with Crippen LogP contribution in [0.25, 0.3) is 0 Å². The lowest BCUT2D eigenvalue weighted by Gasteiger charge is -2.00. The number of esters is 1. The van der Waals surface area contributed by atoms with Gasteiger partial charge >= 0.3 is 5.97 Å². The molecule has 0 spiro atoms. The maximum Gasteiger partial charge on any atom is 0.374 e. The topological polar surface area (TPSA) is 73.6 Å². The van der Waals surface area contributed by atoms with Crippen LogP contribution in [0.15, 0.2) is 15.6 Å². The first kappa shape index (κ1) is 11.0. The maximum atomic E-state index is 12.0. The summed E-state index contributed by atoms with van der Waals surface area (Å²) in [6.07, 6.45) is 0.441. The Morgan fingerprint density at radius 1 is 1.28 bits per heavy atom. The third-order valence-corrected chi connectivity index (χ3v) is 3.18. The van der Waals surface area contributed by atoms with Gasteiger partial charge in [0.25, 0.3) is 0 Å². The van der Waals surface area contributed by atoms with Gasteiger partial charge in [-0.1, -0.05) is 0 Å². The van der Waals surface area contributed by atoms with Gasteiger partial charge in [-0.05, 0) is 13.8 Å². The lowest BCUT2D eigenvalue weighted by atomic mass is 9.98. The summed E-state index contributed by atoms with van der Waals surface area (Å²) in [5.41, 5.74) is 1.67. The predicted octanol–water partition coefficient (Wildman–Crippen LogP) is 1.84. The Morgan fingerprint density at radius 2 is 1.94 bits per heavy atom. The van der Waals surface area contributed by atoms with E-state index in [1.54, 1.807) is 13.8 Å². The van der Waals surface area contributed by atoms with Crippen molar-refractivity contribution in [3.63, 3.8) is 0 Å². The molecule has 0 unspecified atom stereocenters. The Balaban J connectivity index is 2.12. The van der Waals surface area contributed by atoms with Gasteiger partial charge in [0.1, 0.15) is 0 Å². The van der Waals surface area contributed by atoms with E-state index in [4.69, 9.17) is 9.15 Å². The number of rotatable bonds is 2. The van der Waals surface area contributed by atoms with Crippen molar-refractivity contribution in [3.8, 4) is 0 Å². The monoisotopic (exact) mass is 246 g/mol. The normalized spacial score (nSPS) is 16.6. The van der Waals surface area contributed by atoms with Crippen molar-refractivity contribution >= 4 is 17.5 Å². The van der Waals surface area contributed by atoms with E-state index in [2.05, 4.69) is 0 Å². The van der Waals surface area contributed by atoms with E-state index in [-0.39, 0.29) is 35.3 Å². The van der Waals surface area contributed by atoms with E-state index in [1.807, 2.05) is 0 Å². The first-order chi connectivity index (χ1) is 8.56. The van der Waals surface area contributed by atoms with Crippen LogP contribution in [-0.2, 0) is 4.74 Å². The summed E-state index contributed by atoms with van der Waals surface area (Å²) < 4.78 is 10.1. The second-order valence-electron chi connectivity index (χ2n) is 4.27. The predicted molar refractivity (Wildman–Crippen MR) is 59.7 cm³/mol. The zero-order chi connectivity index (χ0) is 13.0. The number of allylic oxidation sites excluding steroid dienone is 2. The Labute approximate surface area is 102 Å². The van der Waals surface area contributed by atoms with Crippen LogP contribution < -0.4 is 0 Å². The molecule has 1 heterocycles. The van der Waals surface area contributed by atoms with E-state index in [0.29, 0.717) is 23.1 Å². The minimum absolute atomic E-state index is 0.0168. The summed E-state index contributed by atoms with van der Waals surface area (Å²) in [5, 5.41) is 0. The minimum Gasteiger partial charge on any atom is -0.460 e. The minimum atomic E-state index is -0.645. The van der Waals surface area contributed by atoms with Gasteiger partial charge in [-0.15, -0.1) is 0 Å². The quantitative estimate of drug-likeness (QED) is 0.744. The standard InChI is InChI=1S/C13H10O5/c1-3-17-13(16)11-5(2)8-9(14)6-4-7(6)10(15)12(8)18-11/h3-4H2,1-2H3. The molecule has 1 aromatic rings. The molecule has 3 rings (SSSR count). The van der Waals surface area contributed by atoms with Crippen molar-refractivity contribution in [2.75, 3.05) is 6.61 Å². The third kappa shape index (κ3) is 1.24. The molecule has 0 N–H and O–H groups in total. The van der Waals surface area contributed by atoms with Gasteiger partial charge in [-0.3, -0.25) is 9.59 Å². The number of hydrogen-bond acceptors (Lipinski definition) is 5. The van der Waals surface area contributed by atoms with Gasteiger partial charge in [0, 0.05) is 23.1 Å². The number of furan rings is 1. The molecule has 18 heavy (non-hydrogen) atoms. The molecule has 0 atom stereocenters. The van der Waals surface area contributed by atoms with E-state index < -0.39 is 5.97 Å². The third-order valence-electron chi connectivity index (χ3n) is 3.18. The van der Waals surface area contributed by atoms with Gasteiger partial charge in [-0.2, -0.15) is 0 Å². The smallest absolute Gasteiger partial charge is 0.374 e. The van der Waals surface area contributed by atoms with Crippen LogP contribution >= 0.6 is 0 Å². The molecule has 0 amide bonds. The molecule has 0 saturated heterocycles. The number of Topliss-reactive ketones (excluding diaryl/α,β-unsaturated/α-hetero) is 2. The Kier molecular flexibility index (Phi) is 2.08. The Hall–Kier alpha value is -2.17. The number of carbonyl (C=O) groups excluding carboxylic acids is 3. The van der Waals surface area contributed by atoms with Crippen LogP contribution in [0.3, 0.4) is 0 Å². The first-order valence-corrected chi connectivity index (χ1v) is 5.68. The van der Waals surface area contributed by atoms with Gasteiger partial charge in [0.2, 0.25) is 11.5 Å². The molecule has 1 aromatic heterocycles. The molecule has 2 aliphatic carbocycles. The highest BCUT2D eigenvalue weighted by Gasteiger charge is 2.45. The molecule has 0 bridgehead atoms. The summed E-state index contributed by atoms with van der Waals surface area (Å²) in [4.78, 5) is 35.5. The van der Waals surface area contributed by atoms with Gasteiger partial charge < -0.3 is 9.15 Å². The molecular weight excluding hydrogens is 236 g/mol. The lowest BCUT2D eigenvalue weighted by molar-refractivity contribution is 0.0487. The second kappa shape index (κ2) is 3.41. The number of hydrogen-bond donors (Lipinski definition) is 0. The van der Waals surface area contributed by atoms with Crippen molar-refractivity contribution in [3.05, 3.63) is 33.8 Å². The SMILES string of the molecule is CCOC(=O)c1oc2c(c1C)C(=O)C1=C(C1)C2=O.